The van der Waals surface area contributed by atoms with E-state index >= 15 is 0 Å². The number of aliphatic hydroxyl groups excluding tert-OH is 1. The number of hydrogen-bond acceptors (Lipinski definition) is 2. The molecule has 1 unspecified atom stereocenters. The van der Waals surface area contributed by atoms with Crippen molar-refractivity contribution < 1.29 is 5.11 Å². The minimum atomic E-state index is -0.231. The monoisotopic (exact) mass is 328 g/mol. The minimum Gasteiger partial charge on any atom is -0.392 e. The number of hydrogen-bond donors (Lipinski definition) is 1. The van der Waals surface area contributed by atoms with Gasteiger partial charge in [0.2, 0.25) is 0 Å². The van der Waals surface area contributed by atoms with Crippen LogP contribution in [0, 0.1) is 18.8 Å². The quantitative estimate of drug-likeness (QED) is 0.915. The second-order valence-electron chi connectivity index (χ2n) is 5.95. The summed E-state index contributed by atoms with van der Waals surface area (Å²) in [6, 6.07) is 0. The van der Waals surface area contributed by atoms with Crippen LogP contribution in [0.4, 0.5) is 0 Å². The normalized spacial score (nSPS) is 25.5. The van der Waals surface area contributed by atoms with Crippen molar-refractivity contribution in [2.24, 2.45) is 11.8 Å². The van der Waals surface area contributed by atoms with Crippen molar-refractivity contribution in [1.82, 2.24) is 9.78 Å². The van der Waals surface area contributed by atoms with Gasteiger partial charge in [0.1, 0.15) is 0 Å². The molecular formula is C15H25BrN2O. The molecule has 1 fully saturated rings. The first-order chi connectivity index (χ1) is 9.02. The Labute approximate surface area is 124 Å². The highest BCUT2D eigenvalue weighted by molar-refractivity contribution is 9.10. The smallest absolute Gasteiger partial charge is 0.0738 e. The summed E-state index contributed by atoms with van der Waals surface area (Å²) in [5.41, 5.74) is 2.16. The topological polar surface area (TPSA) is 38.0 Å². The number of aryl methyl sites for hydroxylation is 2. The molecule has 1 aliphatic carbocycles. The lowest BCUT2D eigenvalue weighted by atomic mass is 9.79. The minimum absolute atomic E-state index is 0.231. The molecule has 1 N–H and O–H groups in total. The zero-order valence-electron chi connectivity index (χ0n) is 12.2. The summed E-state index contributed by atoms with van der Waals surface area (Å²) in [5.74, 6) is 1.29. The zero-order valence-corrected chi connectivity index (χ0v) is 13.8. The Kier molecular flexibility index (Phi) is 5.07. The van der Waals surface area contributed by atoms with Gasteiger partial charge in [0.15, 0.2) is 0 Å². The highest BCUT2D eigenvalue weighted by Gasteiger charge is 2.26. The van der Waals surface area contributed by atoms with Crippen molar-refractivity contribution in [3.05, 3.63) is 15.9 Å². The third-order valence-electron chi connectivity index (χ3n) is 4.46. The fourth-order valence-corrected chi connectivity index (χ4v) is 3.55. The largest absolute Gasteiger partial charge is 0.392 e. The molecule has 0 aromatic carbocycles. The van der Waals surface area contributed by atoms with E-state index in [-0.39, 0.29) is 6.10 Å². The maximum absolute atomic E-state index is 10.5. The predicted molar refractivity (Wildman–Crippen MR) is 81.2 cm³/mol. The van der Waals surface area contributed by atoms with Crippen molar-refractivity contribution >= 4 is 15.9 Å². The average Bonchev–Trinajstić information content (AvgIpc) is 2.67. The molecule has 0 bridgehead atoms. The fraction of sp³-hybridized carbons (Fsp3) is 0.800. The van der Waals surface area contributed by atoms with Crippen LogP contribution < -0.4 is 0 Å². The summed E-state index contributed by atoms with van der Waals surface area (Å²) in [4.78, 5) is 0. The van der Waals surface area contributed by atoms with E-state index < -0.39 is 0 Å². The molecule has 4 heteroatoms. The predicted octanol–water partition coefficient (Wildman–Crippen LogP) is 3.70. The van der Waals surface area contributed by atoms with E-state index in [2.05, 4.69) is 34.9 Å². The van der Waals surface area contributed by atoms with Crippen LogP contribution >= 0.6 is 15.9 Å². The molecule has 0 amide bonds. The first kappa shape index (κ1) is 15.0. The maximum atomic E-state index is 10.5. The van der Waals surface area contributed by atoms with Crippen LogP contribution in [0.1, 0.15) is 50.9 Å². The second kappa shape index (κ2) is 6.40. The summed E-state index contributed by atoms with van der Waals surface area (Å²) >= 11 is 3.61. The molecule has 3 nitrogen and oxygen atoms in total. The second-order valence-corrected chi connectivity index (χ2v) is 6.75. The standard InChI is InChI=1S/C15H25BrN2O/c1-4-18-13(15(16)11(3)17-18)9-14(19)12-7-5-10(2)6-8-12/h10,12,14,19H,4-9H2,1-3H3. The van der Waals surface area contributed by atoms with Gasteiger partial charge in [0.25, 0.3) is 0 Å². The molecule has 2 rings (SSSR count). The van der Waals surface area contributed by atoms with Crippen molar-refractivity contribution in [2.45, 2.75) is 65.5 Å². The highest BCUT2D eigenvalue weighted by Crippen LogP contribution is 2.32. The van der Waals surface area contributed by atoms with Crippen molar-refractivity contribution in [1.29, 1.82) is 0 Å². The van der Waals surface area contributed by atoms with E-state index in [0.717, 1.165) is 28.3 Å². The molecule has 1 aromatic heterocycles. The third kappa shape index (κ3) is 3.40. The van der Waals surface area contributed by atoms with Crippen LogP contribution in [0.25, 0.3) is 0 Å². The van der Waals surface area contributed by atoms with Crippen LogP contribution in [0.3, 0.4) is 0 Å². The summed E-state index contributed by atoms with van der Waals surface area (Å²) in [6.45, 7) is 7.27. The number of rotatable bonds is 4. The van der Waals surface area contributed by atoms with Gasteiger partial charge in [-0.15, -0.1) is 0 Å². The third-order valence-corrected chi connectivity index (χ3v) is 5.49. The van der Waals surface area contributed by atoms with E-state index in [1.165, 1.54) is 25.7 Å². The Morgan fingerprint density at radius 2 is 2.00 bits per heavy atom. The maximum Gasteiger partial charge on any atom is 0.0738 e. The van der Waals surface area contributed by atoms with Gasteiger partial charge in [-0.1, -0.05) is 19.8 Å². The van der Waals surface area contributed by atoms with Crippen molar-refractivity contribution in [3.63, 3.8) is 0 Å². The van der Waals surface area contributed by atoms with E-state index in [0.29, 0.717) is 12.3 Å². The summed E-state index contributed by atoms with van der Waals surface area (Å²) in [5, 5.41) is 15.0. The van der Waals surface area contributed by atoms with Gasteiger partial charge in [-0.05, 0) is 54.5 Å². The lowest BCUT2D eigenvalue weighted by molar-refractivity contribution is 0.0742. The first-order valence-electron chi connectivity index (χ1n) is 7.42. The Bertz CT molecular complexity index is 422. The molecule has 19 heavy (non-hydrogen) atoms. The molecule has 1 aromatic rings. The molecule has 0 saturated heterocycles. The van der Waals surface area contributed by atoms with Gasteiger partial charge in [-0.2, -0.15) is 5.10 Å². The number of halogens is 1. The Morgan fingerprint density at radius 1 is 1.37 bits per heavy atom. The lowest BCUT2D eigenvalue weighted by Crippen LogP contribution is -2.28. The number of aromatic nitrogens is 2. The van der Waals surface area contributed by atoms with E-state index in [1.807, 2.05) is 11.6 Å². The van der Waals surface area contributed by atoms with Gasteiger partial charge < -0.3 is 5.11 Å². The van der Waals surface area contributed by atoms with Crippen LogP contribution in [0.5, 0.6) is 0 Å². The van der Waals surface area contributed by atoms with Crippen LogP contribution in [0.15, 0.2) is 4.47 Å². The molecule has 1 heterocycles. The van der Waals surface area contributed by atoms with Crippen molar-refractivity contribution in [3.8, 4) is 0 Å². The van der Waals surface area contributed by atoms with Gasteiger partial charge >= 0.3 is 0 Å². The van der Waals surface area contributed by atoms with Gasteiger partial charge in [-0.3, -0.25) is 4.68 Å². The van der Waals surface area contributed by atoms with Gasteiger partial charge in [-0.25, -0.2) is 0 Å². The van der Waals surface area contributed by atoms with Gasteiger partial charge in [0, 0.05) is 13.0 Å². The summed E-state index contributed by atoms with van der Waals surface area (Å²) in [7, 11) is 0. The number of aliphatic hydroxyl groups is 1. The lowest BCUT2D eigenvalue weighted by Gasteiger charge is -2.30. The molecule has 0 spiro atoms. The van der Waals surface area contributed by atoms with E-state index in [4.69, 9.17) is 0 Å². The average molecular weight is 329 g/mol. The first-order valence-corrected chi connectivity index (χ1v) is 8.22. The fourth-order valence-electron chi connectivity index (χ4n) is 3.10. The zero-order chi connectivity index (χ0) is 14.0. The molecule has 1 saturated carbocycles. The Morgan fingerprint density at radius 3 is 2.58 bits per heavy atom. The van der Waals surface area contributed by atoms with Crippen molar-refractivity contribution in [2.75, 3.05) is 0 Å². The van der Waals surface area contributed by atoms with Crippen LogP contribution in [-0.4, -0.2) is 21.0 Å². The molecule has 108 valence electrons. The summed E-state index contributed by atoms with van der Waals surface area (Å²) < 4.78 is 3.08. The highest BCUT2D eigenvalue weighted by atomic mass is 79.9. The SMILES string of the molecule is CCn1nc(C)c(Br)c1CC(O)C1CCC(C)CC1. The summed E-state index contributed by atoms with van der Waals surface area (Å²) in [6.07, 6.45) is 5.33. The molecule has 0 radical (unpaired) electrons. The molecule has 1 atom stereocenters. The van der Waals surface area contributed by atoms with Crippen LogP contribution in [-0.2, 0) is 13.0 Å². The Hall–Kier alpha value is -0.350. The molecule has 1 aliphatic rings. The van der Waals surface area contributed by atoms with E-state index in [9.17, 15) is 5.11 Å². The Balaban J connectivity index is 2.04. The number of nitrogens with zero attached hydrogens (tertiary/aromatic N) is 2. The van der Waals surface area contributed by atoms with E-state index in [1.54, 1.807) is 0 Å². The van der Waals surface area contributed by atoms with Gasteiger partial charge in [0.05, 0.1) is 22.0 Å². The molecule has 0 aliphatic heterocycles. The molecular weight excluding hydrogens is 304 g/mol. The van der Waals surface area contributed by atoms with Crippen LogP contribution in [0.2, 0.25) is 0 Å².